The number of rotatable bonds is 2. The van der Waals surface area contributed by atoms with E-state index >= 15 is 0 Å². The number of nitrogens with two attached hydrogens (primary N) is 1. The van der Waals surface area contributed by atoms with Crippen molar-refractivity contribution >= 4 is 0 Å². The van der Waals surface area contributed by atoms with E-state index in [0.717, 1.165) is 5.56 Å². The van der Waals surface area contributed by atoms with Gasteiger partial charge in [-0.1, -0.05) is 12.1 Å². The van der Waals surface area contributed by atoms with Gasteiger partial charge in [0.25, 0.3) is 0 Å². The van der Waals surface area contributed by atoms with Crippen LogP contribution in [0.3, 0.4) is 0 Å². The average Bonchev–Trinajstić information content (AvgIpc) is 2.18. The molecule has 0 aliphatic heterocycles. The molecule has 1 aromatic rings. The fourth-order valence-corrected chi connectivity index (χ4v) is 1.04. The molecule has 1 aromatic carbocycles. The third-order valence-electron chi connectivity index (χ3n) is 1.98. The van der Waals surface area contributed by atoms with Crippen molar-refractivity contribution in [2.24, 2.45) is 5.73 Å². The second-order valence-corrected chi connectivity index (χ2v) is 3.27. The van der Waals surface area contributed by atoms with Crippen molar-refractivity contribution in [2.75, 3.05) is 6.61 Å². The first-order chi connectivity index (χ1) is 6.10. The molecular formula is C10H12N2O. The van der Waals surface area contributed by atoms with Crippen LogP contribution < -0.4 is 5.73 Å². The van der Waals surface area contributed by atoms with Crippen LogP contribution in [0.25, 0.3) is 0 Å². The summed E-state index contributed by atoms with van der Waals surface area (Å²) in [5, 5.41) is 17.7. The highest BCUT2D eigenvalue weighted by molar-refractivity contribution is 5.35. The lowest BCUT2D eigenvalue weighted by Gasteiger charge is -2.22. The Bertz CT molecular complexity index is 339. The van der Waals surface area contributed by atoms with E-state index in [0.29, 0.717) is 5.56 Å². The third-order valence-corrected chi connectivity index (χ3v) is 1.98. The first-order valence-corrected chi connectivity index (χ1v) is 4.00. The van der Waals surface area contributed by atoms with Gasteiger partial charge in [0.1, 0.15) is 0 Å². The first-order valence-electron chi connectivity index (χ1n) is 4.00. The molecule has 1 atom stereocenters. The van der Waals surface area contributed by atoms with Crippen LogP contribution in [0.15, 0.2) is 24.3 Å². The summed E-state index contributed by atoms with van der Waals surface area (Å²) >= 11 is 0. The molecule has 0 fully saturated rings. The summed E-state index contributed by atoms with van der Waals surface area (Å²) in [6, 6.07) is 8.98. The van der Waals surface area contributed by atoms with E-state index in [1.165, 1.54) is 0 Å². The molecule has 13 heavy (non-hydrogen) atoms. The first kappa shape index (κ1) is 9.72. The SMILES string of the molecule is C[C@](N)(CO)c1cccc(C#N)c1. The minimum atomic E-state index is -0.771. The van der Waals surface area contributed by atoms with E-state index in [1.807, 2.05) is 6.07 Å². The monoisotopic (exact) mass is 176 g/mol. The molecule has 0 aliphatic carbocycles. The fraction of sp³-hybridized carbons (Fsp3) is 0.300. The largest absolute Gasteiger partial charge is 0.394 e. The van der Waals surface area contributed by atoms with Gasteiger partial charge in [-0.15, -0.1) is 0 Å². The molecule has 3 nitrogen and oxygen atoms in total. The molecular weight excluding hydrogens is 164 g/mol. The molecule has 0 amide bonds. The number of aliphatic hydroxyl groups excluding tert-OH is 1. The highest BCUT2D eigenvalue weighted by atomic mass is 16.3. The summed E-state index contributed by atoms with van der Waals surface area (Å²) in [6.45, 7) is 1.59. The van der Waals surface area contributed by atoms with Crippen LogP contribution in [-0.2, 0) is 5.54 Å². The van der Waals surface area contributed by atoms with Crippen LogP contribution in [0.1, 0.15) is 18.1 Å². The lowest BCUT2D eigenvalue weighted by molar-refractivity contribution is 0.210. The van der Waals surface area contributed by atoms with Gasteiger partial charge in [0, 0.05) is 0 Å². The van der Waals surface area contributed by atoms with Crippen molar-refractivity contribution in [3.63, 3.8) is 0 Å². The van der Waals surface area contributed by atoms with Crippen LogP contribution in [0, 0.1) is 11.3 Å². The van der Waals surface area contributed by atoms with Crippen molar-refractivity contribution in [2.45, 2.75) is 12.5 Å². The van der Waals surface area contributed by atoms with Gasteiger partial charge in [0.2, 0.25) is 0 Å². The van der Waals surface area contributed by atoms with Gasteiger partial charge < -0.3 is 10.8 Å². The summed E-state index contributed by atoms with van der Waals surface area (Å²) in [6.07, 6.45) is 0. The van der Waals surface area contributed by atoms with Crippen molar-refractivity contribution < 1.29 is 5.11 Å². The highest BCUT2D eigenvalue weighted by Crippen LogP contribution is 2.17. The fourth-order valence-electron chi connectivity index (χ4n) is 1.04. The van der Waals surface area contributed by atoms with E-state index < -0.39 is 5.54 Å². The maximum absolute atomic E-state index is 9.00. The van der Waals surface area contributed by atoms with Gasteiger partial charge in [-0.3, -0.25) is 0 Å². The van der Waals surface area contributed by atoms with E-state index in [4.69, 9.17) is 16.1 Å². The lowest BCUT2D eigenvalue weighted by Crippen LogP contribution is -2.36. The molecule has 0 radical (unpaired) electrons. The minimum absolute atomic E-state index is 0.137. The molecule has 3 N–H and O–H groups in total. The Morgan fingerprint density at radius 3 is 2.85 bits per heavy atom. The number of benzene rings is 1. The topological polar surface area (TPSA) is 70.0 Å². The number of nitrogens with zero attached hydrogens (tertiary/aromatic N) is 1. The molecule has 0 heterocycles. The summed E-state index contributed by atoms with van der Waals surface area (Å²) < 4.78 is 0. The number of aliphatic hydroxyl groups is 1. The van der Waals surface area contributed by atoms with Gasteiger partial charge in [-0.25, -0.2) is 0 Å². The molecule has 68 valence electrons. The summed E-state index contributed by atoms with van der Waals surface area (Å²) in [5.74, 6) is 0. The Kier molecular flexibility index (Phi) is 2.66. The molecule has 3 heteroatoms. The molecule has 0 saturated carbocycles. The Hall–Kier alpha value is -1.37. The molecule has 0 aliphatic rings. The molecule has 0 aromatic heterocycles. The third kappa shape index (κ3) is 2.05. The highest BCUT2D eigenvalue weighted by Gasteiger charge is 2.19. The second-order valence-electron chi connectivity index (χ2n) is 3.27. The summed E-state index contributed by atoms with van der Waals surface area (Å²) in [4.78, 5) is 0. The molecule has 0 spiro atoms. The van der Waals surface area contributed by atoms with Gasteiger partial charge in [0.05, 0.1) is 23.8 Å². The van der Waals surface area contributed by atoms with Gasteiger partial charge >= 0.3 is 0 Å². The quantitative estimate of drug-likeness (QED) is 0.697. The maximum atomic E-state index is 9.00. The Morgan fingerprint density at radius 1 is 1.62 bits per heavy atom. The zero-order valence-electron chi connectivity index (χ0n) is 7.49. The Labute approximate surface area is 77.4 Å². The standard InChI is InChI=1S/C10H12N2O/c1-10(12,7-13)9-4-2-3-8(5-9)6-11/h2-5,13H,7,12H2,1H3/t10-/m0/s1. The Morgan fingerprint density at radius 2 is 2.31 bits per heavy atom. The summed E-state index contributed by atoms with van der Waals surface area (Å²) in [5.41, 5.74) is 6.36. The van der Waals surface area contributed by atoms with Crippen LogP contribution >= 0.6 is 0 Å². The molecule has 0 unspecified atom stereocenters. The predicted octanol–water partition coefficient (Wildman–Crippen LogP) is 0.724. The summed E-state index contributed by atoms with van der Waals surface area (Å²) in [7, 11) is 0. The van der Waals surface area contributed by atoms with Gasteiger partial charge in [-0.2, -0.15) is 5.26 Å². The average molecular weight is 176 g/mol. The van der Waals surface area contributed by atoms with E-state index in [1.54, 1.807) is 31.2 Å². The lowest BCUT2D eigenvalue weighted by atomic mass is 9.93. The predicted molar refractivity (Wildman–Crippen MR) is 49.8 cm³/mol. The zero-order chi connectivity index (χ0) is 9.90. The maximum Gasteiger partial charge on any atom is 0.0991 e. The zero-order valence-corrected chi connectivity index (χ0v) is 7.49. The Balaban J connectivity index is 3.10. The van der Waals surface area contributed by atoms with Crippen LogP contribution in [0.2, 0.25) is 0 Å². The van der Waals surface area contributed by atoms with Crippen molar-refractivity contribution in [3.8, 4) is 6.07 Å². The van der Waals surface area contributed by atoms with Crippen LogP contribution in [-0.4, -0.2) is 11.7 Å². The van der Waals surface area contributed by atoms with E-state index in [-0.39, 0.29) is 6.61 Å². The van der Waals surface area contributed by atoms with Crippen molar-refractivity contribution in [3.05, 3.63) is 35.4 Å². The van der Waals surface area contributed by atoms with Crippen molar-refractivity contribution in [1.29, 1.82) is 5.26 Å². The molecule has 0 saturated heterocycles. The van der Waals surface area contributed by atoms with E-state index in [9.17, 15) is 0 Å². The van der Waals surface area contributed by atoms with Gasteiger partial charge in [-0.05, 0) is 24.6 Å². The molecule has 1 rings (SSSR count). The number of hydrogen-bond donors (Lipinski definition) is 2. The molecule has 0 bridgehead atoms. The minimum Gasteiger partial charge on any atom is -0.394 e. The van der Waals surface area contributed by atoms with Crippen LogP contribution in [0.5, 0.6) is 0 Å². The van der Waals surface area contributed by atoms with E-state index in [2.05, 4.69) is 0 Å². The second kappa shape index (κ2) is 3.56. The number of nitriles is 1. The van der Waals surface area contributed by atoms with Crippen molar-refractivity contribution in [1.82, 2.24) is 0 Å². The number of hydrogen-bond acceptors (Lipinski definition) is 3. The smallest absolute Gasteiger partial charge is 0.0991 e. The van der Waals surface area contributed by atoms with Crippen LogP contribution in [0.4, 0.5) is 0 Å². The normalized spacial score (nSPS) is 14.6. The van der Waals surface area contributed by atoms with Gasteiger partial charge in [0.15, 0.2) is 0 Å².